The first kappa shape index (κ1) is 19.0. The first-order valence-corrected chi connectivity index (χ1v) is 7.42. The minimum atomic E-state index is -0.279. The van der Waals surface area contributed by atoms with E-state index in [0.717, 1.165) is 16.9 Å². The fourth-order valence-corrected chi connectivity index (χ4v) is 2.15. The molecule has 2 aromatic carbocycles. The molecule has 1 amide bonds. The van der Waals surface area contributed by atoms with Gasteiger partial charge in [0, 0.05) is 12.5 Å². The molecule has 3 N–H and O–H groups in total. The summed E-state index contributed by atoms with van der Waals surface area (Å²) in [6.45, 7) is 2.92. The van der Waals surface area contributed by atoms with Crippen molar-refractivity contribution in [2.75, 3.05) is 13.2 Å². The summed E-state index contributed by atoms with van der Waals surface area (Å²) in [7, 11) is 0. The van der Waals surface area contributed by atoms with Crippen LogP contribution in [0.1, 0.15) is 23.6 Å². The summed E-state index contributed by atoms with van der Waals surface area (Å²) in [4.78, 5) is 11.8. The Labute approximate surface area is 143 Å². The van der Waals surface area contributed by atoms with Crippen LogP contribution in [-0.4, -0.2) is 19.1 Å². The van der Waals surface area contributed by atoms with Gasteiger partial charge >= 0.3 is 0 Å². The number of aryl methyl sites for hydroxylation is 1. The maximum absolute atomic E-state index is 11.8. The van der Waals surface area contributed by atoms with E-state index in [1.807, 2.05) is 61.5 Å². The molecule has 23 heavy (non-hydrogen) atoms. The fraction of sp³-hybridized carbons (Fsp3) is 0.278. The minimum Gasteiger partial charge on any atom is -0.492 e. The van der Waals surface area contributed by atoms with Crippen LogP contribution in [-0.2, 0) is 4.79 Å². The van der Waals surface area contributed by atoms with Gasteiger partial charge in [0.05, 0.1) is 6.54 Å². The van der Waals surface area contributed by atoms with Crippen LogP contribution in [0.2, 0.25) is 0 Å². The van der Waals surface area contributed by atoms with E-state index in [2.05, 4.69) is 5.32 Å². The molecule has 0 fully saturated rings. The normalized spacial score (nSPS) is 11.2. The Hall–Kier alpha value is -2.04. The van der Waals surface area contributed by atoms with Crippen molar-refractivity contribution in [2.45, 2.75) is 19.4 Å². The molecule has 1 atom stereocenters. The van der Waals surface area contributed by atoms with Crippen molar-refractivity contribution in [1.29, 1.82) is 0 Å². The Morgan fingerprint density at radius 2 is 1.91 bits per heavy atom. The summed E-state index contributed by atoms with van der Waals surface area (Å²) in [6.07, 6.45) is 0.272. The molecule has 0 bridgehead atoms. The number of halogens is 1. The summed E-state index contributed by atoms with van der Waals surface area (Å²) in [5.41, 5.74) is 8.13. The number of carbonyl (C=O) groups excluding carboxylic acids is 1. The third kappa shape index (κ3) is 6.72. The van der Waals surface area contributed by atoms with Crippen LogP contribution in [0.3, 0.4) is 0 Å². The molecule has 4 nitrogen and oxygen atoms in total. The van der Waals surface area contributed by atoms with Gasteiger partial charge in [0.25, 0.3) is 0 Å². The van der Waals surface area contributed by atoms with Crippen molar-refractivity contribution in [3.05, 3.63) is 65.7 Å². The van der Waals surface area contributed by atoms with Crippen molar-refractivity contribution in [3.63, 3.8) is 0 Å². The third-order valence-corrected chi connectivity index (χ3v) is 3.32. The summed E-state index contributed by atoms with van der Waals surface area (Å²) in [5.74, 6) is 0.749. The molecule has 0 aliphatic carbocycles. The number of hydrogen-bond donors (Lipinski definition) is 2. The summed E-state index contributed by atoms with van der Waals surface area (Å²) in [5, 5.41) is 2.82. The maximum Gasteiger partial charge on any atom is 0.222 e. The molecule has 124 valence electrons. The molecule has 5 heteroatoms. The van der Waals surface area contributed by atoms with Crippen LogP contribution in [0, 0.1) is 6.92 Å². The predicted molar refractivity (Wildman–Crippen MR) is 94.9 cm³/mol. The lowest BCUT2D eigenvalue weighted by atomic mass is 10.0. The number of rotatable bonds is 7. The minimum absolute atomic E-state index is 0. The summed E-state index contributed by atoms with van der Waals surface area (Å²) >= 11 is 0. The molecule has 0 heterocycles. The third-order valence-electron chi connectivity index (χ3n) is 3.32. The van der Waals surface area contributed by atoms with Crippen LogP contribution < -0.4 is 15.8 Å². The van der Waals surface area contributed by atoms with E-state index in [-0.39, 0.29) is 30.8 Å². The van der Waals surface area contributed by atoms with Crippen LogP contribution >= 0.6 is 12.4 Å². The van der Waals surface area contributed by atoms with Gasteiger partial charge in [0.2, 0.25) is 5.91 Å². The average Bonchev–Trinajstić information content (AvgIpc) is 2.52. The molecule has 2 rings (SSSR count). The lowest BCUT2D eigenvalue weighted by Crippen LogP contribution is -2.30. The van der Waals surface area contributed by atoms with Gasteiger partial charge in [0.1, 0.15) is 12.4 Å². The number of amides is 1. The highest BCUT2D eigenvalue weighted by Crippen LogP contribution is 2.13. The van der Waals surface area contributed by atoms with Crippen molar-refractivity contribution in [3.8, 4) is 5.75 Å². The number of carbonyl (C=O) groups is 1. The first-order chi connectivity index (χ1) is 10.6. The first-order valence-electron chi connectivity index (χ1n) is 7.42. The second-order valence-electron chi connectivity index (χ2n) is 5.24. The van der Waals surface area contributed by atoms with Crippen LogP contribution in [0.5, 0.6) is 5.75 Å². The van der Waals surface area contributed by atoms with E-state index < -0.39 is 0 Å². The molecule has 2 aromatic rings. The lowest BCUT2D eigenvalue weighted by Gasteiger charge is -2.12. The van der Waals surface area contributed by atoms with E-state index in [9.17, 15) is 4.79 Å². The van der Waals surface area contributed by atoms with Gasteiger partial charge in [-0.2, -0.15) is 0 Å². The Kier molecular flexibility index (Phi) is 8.16. The Bertz CT molecular complexity index is 605. The zero-order chi connectivity index (χ0) is 15.8. The number of hydrogen-bond acceptors (Lipinski definition) is 3. The fourth-order valence-electron chi connectivity index (χ4n) is 2.15. The van der Waals surface area contributed by atoms with Crippen LogP contribution in [0.15, 0.2) is 54.6 Å². The summed E-state index contributed by atoms with van der Waals surface area (Å²) < 4.78 is 5.58. The molecule has 1 unspecified atom stereocenters. The van der Waals surface area contributed by atoms with Gasteiger partial charge in [0.15, 0.2) is 0 Å². The van der Waals surface area contributed by atoms with Gasteiger partial charge in [-0.1, -0.05) is 42.5 Å². The molecular weight excluding hydrogens is 312 g/mol. The smallest absolute Gasteiger partial charge is 0.222 e. The van der Waals surface area contributed by atoms with Crippen LogP contribution in [0.4, 0.5) is 0 Å². The molecule has 0 radical (unpaired) electrons. The van der Waals surface area contributed by atoms with E-state index in [0.29, 0.717) is 13.2 Å². The van der Waals surface area contributed by atoms with Crippen molar-refractivity contribution in [2.24, 2.45) is 5.73 Å². The molecule has 0 spiro atoms. The number of nitrogens with two attached hydrogens (primary N) is 1. The van der Waals surface area contributed by atoms with Crippen molar-refractivity contribution in [1.82, 2.24) is 5.32 Å². The van der Waals surface area contributed by atoms with Crippen molar-refractivity contribution < 1.29 is 9.53 Å². The largest absolute Gasteiger partial charge is 0.492 e. The number of benzene rings is 2. The van der Waals surface area contributed by atoms with Crippen molar-refractivity contribution >= 4 is 18.3 Å². The number of ether oxygens (including phenoxy) is 1. The van der Waals surface area contributed by atoms with E-state index in [4.69, 9.17) is 10.5 Å². The van der Waals surface area contributed by atoms with Gasteiger partial charge in [-0.25, -0.2) is 0 Å². The zero-order valence-electron chi connectivity index (χ0n) is 13.2. The molecule has 0 aromatic heterocycles. The molecule has 0 saturated heterocycles. The standard InChI is InChI=1S/C18H22N2O2.ClH/c1-14-6-5-9-16(12-14)22-11-10-20-18(21)13-17(19)15-7-3-2-4-8-15;/h2-9,12,17H,10-11,13,19H2,1H3,(H,20,21);1H. The van der Waals surface area contributed by atoms with Crippen LogP contribution in [0.25, 0.3) is 0 Å². The second-order valence-corrected chi connectivity index (χ2v) is 5.24. The van der Waals surface area contributed by atoms with Gasteiger partial charge in [-0.15, -0.1) is 12.4 Å². The van der Waals surface area contributed by atoms with E-state index in [1.165, 1.54) is 0 Å². The Morgan fingerprint density at radius 3 is 2.61 bits per heavy atom. The molecule has 0 saturated carbocycles. The quantitative estimate of drug-likeness (QED) is 0.765. The average molecular weight is 335 g/mol. The Morgan fingerprint density at radius 1 is 1.17 bits per heavy atom. The van der Waals surface area contributed by atoms with Gasteiger partial charge in [-0.3, -0.25) is 4.79 Å². The molecule has 0 aliphatic rings. The van der Waals surface area contributed by atoms with Gasteiger partial charge < -0.3 is 15.8 Å². The van der Waals surface area contributed by atoms with E-state index in [1.54, 1.807) is 0 Å². The molecular formula is C18H23ClN2O2. The lowest BCUT2D eigenvalue weighted by molar-refractivity contribution is -0.121. The predicted octanol–water partition coefficient (Wildman–Crippen LogP) is 3.00. The topological polar surface area (TPSA) is 64.3 Å². The highest BCUT2D eigenvalue weighted by atomic mass is 35.5. The Balaban J connectivity index is 0.00000264. The van der Waals surface area contributed by atoms with E-state index >= 15 is 0 Å². The summed E-state index contributed by atoms with van der Waals surface area (Å²) in [6, 6.07) is 17.2. The zero-order valence-corrected chi connectivity index (χ0v) is 14.0. The van der Waals surface area contributed by atoms with Gasteiger partial charge in [-0.05, 0) is 30.2 Å². The molecule has 0 aliphatic heterocycles. The number of nitrogens with one attached hydrogen (secondary N) is 1. The monoisotopic (exact) mass is 334 g/mol. The second kappa shape index (κ2) is 9.87. The maximum atomic E-state index is 11.8. The SMILES string of the molecule is Cc1cccc(OCCNC(=O)CC(N)c2ccccc2)c1.Cl. The highest BCUT2D eigenvalue weighted by Gasteiger charge is 2.10. The highest BCUT2D eigenvalue weighted by molar-refractivity contribution is 5.85.